The van der Waals surface area contributed by atoms with E-state index in [4.69, 9.17) is 9.78 Å². The Labute approximate surface area is 116 Å². The highest BCUT2D eigenvalue weighted by atomic mass is 16.5. The molecular weight excluding hydrogens is 250 g/mol. The Morgan fingerprint density at radius 2 is 1.85 bits per heavy atom. The minimum absolute atomic E-state index is 0.450. The quantitative estimate of drug-likeness (QED) is 0.707. The maximum atomic E-state index is 8.78. The van der Waals surface area contributed by atoms with Crippen LogP contribution in [0.25, 0.3) is 22.8 Å². The fraction of sp³-hybridized carbons (Fsp3) is 0.0625. The molecule has 0 fully saturated rings. The Morgan fingerprint density at radius 1 is 1.05 bits per heavy atom. The summed E-state index contributed by atoms with van der Waals surface area (Å²) >= 11 is 0. The molecular formula is C16H11N3O. The van der Waals surface area contributed by atoms with Crippen LogP contribution in [0.3, 0.4) is 0 Å². The predicted molar refractivity (Wildman–Crippen MR) is 74.6 cm³/mol. The molecule has 0 radical (unpaired) electrons. The van der Waals surface area contributed by atoms with E-state index in [2.05, 4.69) is 16.2 Å². The first-order chi connectivity index (χ1) is 9.76. The van der Waals surface area contributed by atoms with Gasteiger partial charge in [0.25, 0.3) is 5.89 Å². The van der Waals surface area contributed by atoms with Gasteiger partial charge in [-0.1, -0.05) is 28.9 Å². The largest absolute Gasteiger partial charge is 0.334 e. The molecule has 1 aromatic heterocycles. The number of benzene rings is 2. The highest BCUT2D eigenvalue weighted by Crippen LogP contribution is 2.22. The fourth-order valence-electron chi connectivity index (χ4n) is 1.93. The van der Waals surface area contributed by atoms with Crippen molar-refractivity contribution in [3.05, 3.63) is 59.7 Å². The number of nitrogens with zero attached hydrogens (tertiary/aromatic N) is 3. The molecule has 0 unspecified atom stereocenters. The number of hydrogen-bond donors (Lipinski definition) is 0. The van der Waals surface area contributed by atoms with Crippen LogP contribution in [0.2, 0.25) is 0 Å². The Kier molecular flexibility index (Phi) is 3.02. The Bertz CT molecular complexity index is 782. The third kappa shape index (κ3) is 2.29. The summed E-state index contributed by atoms with van der Waals surface area (Å²) in [4.78, 5) is 4.39. The van der Waals surface area contributed by atoms with Gasteiger partial charge in [0.1, 0.15) is 0 Å². The second-order valence-electron chi connectivity index (χ2n) is 4.48. The molecule has 0 saturated carbocycles. The SMILES string of the molecule is Cc1cccc(-c2noc(-c3ccc(C#N)cc3)n2)c1. The third-order valence-electron chi connectivity index (χ3n) is 2.96. The van der Waals surface area contributed by atoms with Gasteiger partial charge >= 0.3 is 0 Å². The van der Waals surface area contributed by atoms with Crippen LogP contribution in [0, 0.1) is 18.3 Å². The van der Waals surface area contributed by atoms with E-state index in [1.54, 1.807) is 24.3 Å². The molecule has 96 valence electrons. The number of nitriles is 1. The molecule has 4 nitrogen and oxygen atoms in total. The second-order valence-corrected chi connectivity index (χ2v) is 4.48. The summed E-state index contributed by atoms with van der Waals surface area (Å²) in [5.41, 5.74) is 3.48. The normalized spacial score (nSPS) is 10.2. The van der Waals surface area contributed by atoms with E-state index in [1.807, 2.05) is 31.2 Å². The summed E-state index contributed by atoms with van der Waals surface area (Å²) in [7, 11) is 0. The molecule has 3 aromatic rings. The summed E-state index contributed by atoms with van der Waals surface area (Å²) in [5, 5.41) is 12.8. The zero-order valence-corrected chi connectivity index (χ0v) is 10.9. The lowest BCUT2D eigenvalue weighted by Gasteiger charge is -1.95. The number of hydrogen-bond acceptors (Lipinski definition) is 4. The van der Waals surface area contributed by atoms with E-state index in [-0.39, 0.29) is 0 Å². The highest BCUT2D eigenvalue weighted by molar-refractivity contribution is 5.60. The summed E-state index contributed by atoms with van der Waals surface area (Å²) in [5.74, 6) is 1.01. The van der Waals surface area contributed by atoms with Gasteiger partial charge in [-0.15, -0.1) is 0 Å². The van der Waals surface area contributed by atoms with Crippen LogP contribution >= 0.6 is 0 Å². The first-order valence-corrected chi connectivity index (χ1v) is 6.17. The minimum atomic E-state index is 0.450. The maximum Gasteiger partial charge on any atom is 0.258 e. The van der Waals surface area contributed by atoms with Crippen molar-refractivity contribution < 1.29 is 4.52 Å². The van der Waals surface area contributed by atoms with Gasteiger partial charge in [-0.05, 0) is 37.3 Å². The average molecular weight is 261 g/mol. The van der Waals surface area contributed by atoms with Gasteiger partial charge in [-0.25, -0.2) is 0 Å². The van der Waals surface area contributed by atoms with E-state index in [9.17, 15) is 0 Å². The molecule has 0 bridgehead atoms. The smallest absolute Gasteiger partial charge is 0.258 e. The van der Waals surface area contributed by atoms with Crippen molar-refractivity contribution in [1.82, 2.24) is 10.1 Å². The van der Waals surface area contributed by atoms with Gasteiger partial charge in [-0.2, -0.15) is 10.2 Å². The standard InChI is InChI=1S/C16H11N3O/c1-11-3-2-4-14(9-11)15-18-16(20-19-15)13-7-5-12(10-17)6-8-13/h2-9H,1H3. The summed E-state index contributed by atoms with van der Waals surface area (Å²) < 4.78 is 5.27. The molecule has 1 heterocycles. The predicted octanol–water partition coefficient (Wildman–Crippen LogP) is 3.58. The van der Waals surface area contributed by atoms with Crippen LogP contribution in [0.1, 0.15) is 11.1 Å². The van der Waals surface area contributed by atoms with Crippen molar-refractivity contribution in [3.8, 4) is 28.9 Å². The van der Waals surface area contributed by atoms with Gasteiger partial charge < -0.3 is 4.52 Å². The van der Waals surface area contributed by atoms with Gasteiger partial charge in [0.05, 0.1) is 11.6 Å². The van der Waals surface area contributed by atoms with Gasteiger partial charge in [0.2, 0.25) is 5.82 Å². The van der Waals surface area contributed by atoms with E-state index in [0.29, 0.717) is 17.3 Å². The number of aromatic nitrogens is 2. The summed E-state index contributed by atoms with van der Waals surface area (Å²) in [6.07, 6.45) is 0. The lowest BCUT2D eigenvalue weighted by atomic mass is 10.1. The zero-order valence-electron chi connectivity index (χ0n) is 10.9. The molecule has 20 heavy (non-hydrogen) atoms. The Balaban J connectivity index is 1.95. The van der Waals surface area contributed by atoms with Gasteiger partial charge in [0.15, 0.2) is 0 Å². The molecule has 4 heteroatoms. The van der Waals surface area contributed by atoms with Crippen LogP contribution in [0.4, 0.5) is 0 Å². The molecule has 0 amide bonds. The third-order valence-corrected chi connectivity index (χ3v) is 2.96. The number of aryl methyl sites for hydroxylation is 1. The molecule has 0 aliphatic heterocycles. The maximum absolute atomic E-state index is 8.78. The van der Waals surface area contributed by atoms with Crippen molar-refractivity contribution in [2.75, 3.05) is 0 Å². The van der Waals surface area contributed by atoms with Gasteiger partial charge in [0, 0.05) is 11.1 Å². The van der Waals surface area contributed by atoms with E-state index >= 15 is 0 Å². The molecule has 2 aromatic carbocycles. The van der Waals surface area contributed by atoms with E-state index < -0.39 is 0 Å². The molecule has 3 rings (SSSR count). The van der Waals surface area contributed by atoms with Crippen molar-refractivity contribution >= 4 is 0 Å². The van der Waals surface area contributed by atoms with Crippen molar-refractivity contribution in [2.24, 2.45) is 0 Å². The molecule has 0 aliphatic carbocycles. The molecule has 0 spiro atoms. The summed E-state index contributed by atoms with van der Waals surface area (Å²) in [6.45, 7) is 2.02. The van der Waals surface area contributed by atoms with Crippen LogP contribution < -0.4 is 0 Å². The van der Waals surface area contributed by atoms with E-state index in [0.717, 1.165) is 16.7 Å². The Hall–Kier alpha value is -2.93. The average Bonchev–Trinajstić information content (AvgIpc) is 2.97. The lowest BCUT2D eigenvalue weighted by molar-refractivity contribution is 0.432. The minimum Gasteiger partial charge on any atom is -0.334 e. The summed E-state index contributed by atoms with van der Waals surface area (Å²) in [6, 6.07) is 17.1. The Morgan fingerprint density at radius 3 is 2.55 bits per heavy atom. The fourth-order valence-corrected chi connectivity index (χ4v) is 1.93. The van der Waals surface area contributed by atoms with Crippen LogP contribution in [0.5, 0.6) is 0 Å². The molecule has 0 N–H and O–H groups in total. The van der Waals surface area contributed by atoms with E-state index in [1.165, 1.54) is 0 Å². The van der Waals surface area contributed by atoms with Crippen LogP contribution in [-0.2, 0) is 0 Å². The lowest BCUT2D eigenvalue weighted by Crippen LogP contribution is -1.82. The zero-order chi connectivity index (χ0) is 13.9. The van der Waals surface area contributed by atoms with Crippen LogP contribution in [-0.4, -0.2) is 10.1 Å². The van der Waals surface area contributed by atoms with Crippen LogP contribution in [0.15, 0.2) is 53.1 Å². The van der Waals surface area contributed by atoms with Crippen molar-refractivity contribution in [1.29, 1.82) is 5.26 Å². The molecule has 0 aliphatic rings. The van der Waals surface area contributed by atoms with Crippen molar-refractivity contribution in [2.45, 2.75) is 6.92 Å². The highest BCUT2D eigenvalue weighted by Gasteiger charge is 2.10. The van der Waals surface area contributed by atoms with Gasteiger partial charge in [-0.3, -0.25) is 0 Å². The molecule has 0 saturated heterocycles. The first kappa shape index (κ1) is 12.1. The number of rotatable bonds is 2. The second kappa shape index (κ2) is 4.98. The first-order valence-electron chi connectivity index (χ1n) is 6.17. The van der Waals surface area contributed by atoms with Crippen molar-refractivity contribution in [3.63, 3.8) is 0 Å². The molecule has 0 atom stereocenters. The monoisotopic (exact) mass is 261 g/mol. The topological polar surface area (TPSA) is 62.7 Å².